The predicted octanol–water partition coefficient (Wildman–Crippen LogP) is 1.45. The Labute approximate surface area is 140 Å². The molecule has 1 aromatic heterocycles. The van der Waals surface area contributed by atoms with Crippen molar-refractivity contribution >= 4 is 5.91 Å². The maximum atomic E-state index is 12.1. The number of amides is 1. The number of carbonyl (C=O) groups is 1. The Morgan fingerprint density at radius 2 is 1.92 bits per heavy atom. The molecule has 0 aliphatic carbocycles. The molecule has 0 aliphatic rings. The number of ether oxygens (including phenoxy) is 2. The molecule has 0 atom stereocenters. The van der Waals surface area contributed by atoms with Crippen molar-refractivity contribution in [2.45, 2.75) is 19.4 Å². The van der Waals surface area contributed by atoms with E-state index in [0.29, 0.717) is 30.8 Å². The number of methoxy groups -OCH3 is 2. The fourth-order valence-corrected chi connectivity index (χ4v) is 2.25. The maximum absolute atomic E-state index is 12.1. The van der Waals surface area contributed by atoms with Gasteiger partial charge in [-0.3, -0.25) is 9.59 Å². The zero-order valence-corrected chi connectivity index (χ0v) is 14.0. The van der Waals surface area contributed by atoms with Crippen molar-refractivity contribution in [1.29, 1.82) is 0 Å². The van der Waals surface area contributed by atoms with E-state index in [9.17, 15) is 9.59 Å². The van der Waals surface area contributed by atoms with Crippen molar-refractivity contribution in [3.63, 3.8) is 0 Å². The summed E-state index contributed by atoms with van der Waals surface area (Å²) in [5.41, 5.74) is 1.12. The van der Waals surface area contributed by atoms with E-state index in [1.165, 1.54) is 17.9 Å². The van der Waals surface area contributed by atoms with Crippen molar-refractivity contribution < 1.29 is 14.3 Å². The van der Waals surface area contributed by atoms with E-state index in [0.717, 1.165) is 11.3 Å². The summed E-state index contributed by atoms with van der Waals surface area (Å²) < 4.78 is 11.8. The van der Waals surface area contributed by atoms with Gasteiger partial charge in [0.15, 0.2) is 5.75 Å². The van der Waals surface area contributed by atoms with Crippen LogP contribution in [0.25, 0.3) is 11.3 Å². The van der Waals surface area contributed by atoms with Crippen LogP contribution in [0.5, 0.6) is 11.5 Å². The fraction of sp³-hybridized carbons (Fsp3) is 0.353. The first kappa shape index (κ1) is 17.5. The minimum absolute atomic E-state index is 0.0630. The molecule has 128 valence electrons. The molecule has 0 saturated carbocycles. The number of benzene rings is 1. The van der Waals surface area contributed by atoms with Gasteiger partial charge in [-0.25, -0.2) is 4.68 Å². The first-order valence-corrected chi connectivity index (χ1v) is 7.60. The molecule has 1 aromatic carbocycles. The van der Waals surface area contributed by atoms with Crippen LogP contribution in [0, 0.1) is 0 Å². The summed E-state index contributed by atoms with van der Waals surface area (Å²) in [6, 6.07) is 8.74. The Morgan fingerprint density at radius 1 is 1.21 bits per heavy atom. The number of nitrogens with zero attached hydrogens (tertiary/aromatic N) is 2. The highest BCUT2D eigenvalue weighted by molar-refractivity contribution is 5.75. The second kappa shape index (κ2) is 8.14. The zero-order valence-electron chi connectivity index (χ0n) is 14.0. The molecule has 7 nitrogen and oxygen atoms in total. The van der Waals surface area contributed by atoms with E-state index in [1.54, 1.807) is 14.2 Å². The van der Waals surface area contributed by atoms with Crippen molar-refractivity contribution in [2.24, 2.45) is 0 Å². The number of aryl methyl sites for hydroxylation is 1. The van der Waals surface area contributed by atoms with Crippen LogP contribution in [-0.4, -0.2) is 37.0 Å². The second-order valence-corrected chi connectivity index (χ2v) is 5.13. The lowest BCUT2D eigenvalue weighted by Crippen LogP contribution is -2.24. The monoisotopic (exact) mass is 331 g/mol. The van der Waals surface area contributed by atoms with Gasteiger partial charge in [-0.1, -0.05) is 0 Å². The molecule has 0 radical (unpaired) electrons. The lowest BCUT2D eigenvalue weighted by Gasteiger charge is -2.11. The van der Waals surface area contributed by atoms with Crippen LogP contribution in [0.3, 0.4) is 0 Å². The topological polar surface area (TPSA) is 82.5 Å². The maximum Gasteiger partial charge on any atom is 0.270 e. The Kier molecular flexibility index (Phi) is 5.95. The van der Waals surface area contributed by atoms with Gasteiger partial charge in [0.2, 0.25) is 5.91 Å². The van der Waals surface area contributed by atoms with E-state index < -0.39 is 0 Å². The van der Waals surface area contributed by atoms with E-state index in [4.69, 9.17) is 9.47 Å². The molecular formula is C17H21N3O4. The molecule has 0 bridgehead atoms. The van der Waals surface area contributed by atoms with Gasteiger partial charge in [-0.15, -0.1) is 0 Å². The molecule has 24 heavy (non-hydrogen) atoms. The molecule has 2 rings (SSSR count). The Balaban J connectivity index is 2.30. The largest absolute Gasteiger partial charge is 0.497 e. The van der Waals surface area contributed by atoms with Crippen LogP contribution >= 0.6 is 0 Å². The molecule has 2 aromatic rings. The molecule has 0 aliphatic heterocycles. The quantitative estimate of drug-likeness (QED) is 0.830. The Bertz CT molecular complexity index is 753. The third-order valence-electron chi connectivity index (χ3n) is 3.60. The van der Waals surface area contributed by atoms with Crippen LogP contribution in [0.4, 0.5) is 0 Å². The van der Waals surface area contributed by atoms with Gasteiger partial charge >= 0.3 is 0 Å². The van der Waals surface area contributed by atoms with Crippen LogP contribution in [-0.2, 0) is 11.3 Å². The summed E-state index contributed by atoms with van der Waals surface area (Å²) in [5, 5.41) is 6.95. The summed E-state index contributed by atoms with van der Waals surface area (Å²) >= 11 is 0. The number of hydrogen-bond acceptors (Lipinski definition) is 5. The normalized spacial score (nSPS) is 10.3. The van der Waals surface area contributed by atoms with Gasteiger partial charge in [0.05, 0.1) is 14.2 Å². The molecule has 0 spiro atoms. The summed E-state index contributed by atoms with van der Waals surface area (Å²) in [6.45, 7) is 0.361. The molecule has 7 heteroatoms. The van der Waals surface area contributed by atoms with Crippen LogP contribution in [0.2, 0.25) is 0 Å². The summed E-state index contributed by atoms with van der Waals surface area (Å²) in [6.07, 6.45) is 0.871. The third-order valence-corrected chi connectivity index (χ3v) is 3.60. The van der Waals surface area contributed by atoms with Crippen LogP contribution < -0.4 is 20.3 Å². The van der Waals surface area contributed by atoms with E-state index in [1.807, 2.05) is 24.3 Å². The first-order valence-electron chi connectivity index (χ1n) is 7.60. The van der Waals surface area contributed by atoms with Gasteiger partial charge in [-0.05, 0) is 30.7 Å². The van der Waals surface area contributed by atoms with Crippen molar-refractivity contribution in [3.05, 3.63) is 40.7 Å². The van der Waals surface area contributed by atoms with E-state index >= 15 is 0 Å². The molecule has 1 amide bonds. The highest BCUT2D eigenvalue weighted by atomic mass is 16.5. The Morgan fingerprint density at radius 3 is 2.50 bits per heavy atom. The van der Waals surface area contributed by atoms with Gasteiger partial charge in [0, 0.05) is 31.6 Å². The number of aromatic nitrogens is 2. The molecule has 0 saturated heterocycles. The lowest BCUT2D eigenvalue weighted by molar-refractivity contribution is -0.120. The van der Waals surface area contributed by atoms with Crippen molar-refractivity contribution in [3.8, 4) is 22.8 Å². The van der Waals surface area contributed by atoms with E-state index in [2.05, 4.69) is 10.4 Å². The molecule has 0 fully saturated rings. The number of carbonyl (C=O) groups excluding carboxylic acids is 1. The minimum atomic E-state index is -0.263. The fourth-order valence-electron chi connectivity index (χ4n) is 2.25. The highest BCUT2D eigenvalue weighted by Crippen LogP contribution is 2.27. The Hall–Kier alpha value is -2.83. The smallest absolute Gasteiger partial charge is 0.270 e. The predicted molar refractivity (Wildman–Crippen MR) is 90.3 cm³/mol. The number of rotatable bonds is 7. The standard InChI is InChI=1S/C17H21N3O4/c1-18-15(21)5-4-10-20-16(22)11-14(24-3)17(19-20)12-6-8-13(23-2)9-7-12/h6-9,11H,4-5,10H2,1-3H3,(H,18,21). The molecule has 1 N–H and O–H groups in total. The van der Waals surface area contributed by atoms with Gasteiger partial charge in [0.25, 0.3) is 5.56 Å². The SMILES string of the molecule is CNC(=O)CCCn1nc(-c2ccc(OC)cc2)c(OC)cc1=O. The van der Waals surface area contributed by atoms with Gasteiger partial charge in [-0.2, -0.15) is 5.10 Å². The summed E-state index contributed by atoms with van der Waals surface area (Å²) in [5.74, 6) is 1.08. The summed E-state index contributed by atoms with van der Waals surface area (Å²) in [7, 11) is 4.68. The lowest BCUT2D eigenvalue weighted by atomic mass is 10.1. The molecule has 1 heterocycles. The number of nitrogens with one attached hydrogen (secondary N) is 1. The van der Waals surface area contributed by atoms with E-state index in [-0.39, 0.29) is 11.5 Å². The average Bonchev–Trinajstić information content (AvgIpc) is 2.62. The van der Waals surface area contributed by atoms with Crippen molar-refractivity contribution in [1.82, 2.24) is 15.1 Å². The summed E-state index contributed by atoms with van der Waals surface area (Å²) in [4.78, 5) is 23.4. The van der Waals surface area contributed by atoms with Crippen molar-refractivity contribution in [2.75, 3.05) is 21.3 Å². The van der Waals surface area contributed by atoms with Crippen LogP contribution in [0.15, 0.2) is 35.1 Å². The zero-order chi connectivity index (χ0) is 17.5. The third kappa shape index (κ3) is 4.13. The highest BCUT2D eigenvalue weighted by Gasteiger charge is 2.12. The number of hydrogen-bond donors (Lipinski definition) is 1. The van der Waals surface area contributed by atoms with Gasteiger partial charge < -0.3 is 14.8 Å². The molecule has 0 unspecified atom stereocenters. The first-order chi connectivity index (χ1) is 11.6. The average molecular weight is 331 g/mol. The minimum Gasteiger partial charge on any atom is -0.497 e. The van der Waals surface area contributed by atoms with Gasteiger partial charge in [0.1, 0.15) is 11.4 Å². The second-order valence-electron chi connectivity index (χ2n) is 5.13. The van der Waals surface area contributed by atoms with Crippen LogP contribution in [0.1, 0.15) is 12.8 Å². The molecular weight excluding hydrogens is 310 g/mol.